The van der Waals surface area contributed by atoms with Gasteiger partial charge in [-0.05, 0) is 66.2 Å². The van der Waals surface area contributed by atoms with E-state index in [1.54, 1.807) is 24.5 Å². The largest absolute Gasteiger partial charge is 0.489 e. The molecule has 2 aromatic carbocycles. The molecule has 0 unspecified atom stereocenters. The topological polar surface area (TPSA) is 54.5 Å². The van der Waals surface area contributed by atoms with E-state index in [0.29, 0.717) is 18.7 Å². The summed E-state index contributed by atoms with van der Waals surface area (Å²) in [7, 11) is 0. The van der Waals surface area contributed by atoms with Crippen molar-refractivity contribution in [2.24, 2.45) is 0 Å². The van der Waals surface area contributed by atoms with E-state index in [9.17, 15) is 4.79 Å². The van der Waals surface area contributed by atoms with Crippen molar-refractivity contribution in [3.05, 3.63) is 95.3 Å². The molecule has 0 bridgehead atoms. The van der Waals surface area contributed by atoms with E-state index in [1.165, 1.54) is 5.56 Å². The Balaban J connectivity index is 1.47. The Labute approximate surface area is 178 Å². The Morgan fingerprint density at radius 3 is 2.13 bits per heavy atom. The first-order valence-corrected chi connectivity index (χ1v) is 10.4. The van der Waals surface area contributed by atoms with Crippen molar-refractivity contribution < 1.29 is 9.53 Å². The lowest BCUT2D eigenvalue weighted by molar-refractivity contribution is 0.0951. The molecule has 5 nitrogen and oxygen atoms in total. The van der Waals surface area contributed by atoms with Crippen molar-refractivity contribution in [2.45, 2.75) is 33.5 Å². The lowest BCUT2D eigenvalue weighted by Gasteiger charge is -2.18. The number of benzene rings is 2. The first kappa shape index (κ1) is 21.5. The maximum absolute atomic E-state index is 12.4. The number of hydrogen-bond donors (Lipinski definition) is 1. The smallest absolute Gasteiger partial charge is 0.251 e. The second-order valence-corrected chi connectivity index (χ2v) is 7.13. The number of nitrogens with zero attached hydrogens (tertiary/aromatic N) is 2. The van der Waals surface area contributed by atoms with Crippen molar-refractivity contribution >= 4 is 5.91 Å². The first-order chi connectivity index (χ1) is 14.7. The molecular weight excluding hydrogens is 374 g/mol. The lowest BCUT2D eigenvalue weighted by Crippen LogP contribution is -2.23. The highest BCUT2D eigenvalue weighted by atomic mass is 16.5. The quantitative estimate of drug-likeness (QED) is 0.544. The number of pyridine rings is 1. The van der Waals surface area contributed by atoms with Crippen molar-refractivity contribution in [2.75, 3.05) is 13.1 Å². The molecule has 0 atom stereocenters. The third-order valence-electron chi connectivity index (χ3n) is 5.05. The van der Waals surface area contributed by atoms with Gasteiger partial charge in [0.25, 0.3) is 5.91 Å². The number of carbonyl (C=O) groups is 1. The van der Waals surface area contributed by atoms with Gasteiger partial charge in [-0.25, -0.2) is 0 Å². The van der Waals surface area contributed by atoms with Crippen molar-refractivity contribution in [1.82, 2.24) is 15.2 Å². The van der Waals surface area contributed by atoms with Gasteiger partial charge in [-0.15, -0.1) is 0 Å². The molecule has 1 aromatic heterocycles. The van der Waals surface area contributed by atoms with Gasteiger partial charge in [0, 0.05) is 31.0 Å². The molecule has 0 aliphatic heterocycles. The van der Waals surface area contributed by atoms with E-state index >= 15 is 0 Å². The zero-order valence-electron chi connectivity index (χ0n) is 17.7. The van der Waals surface area contributed by atoms with Crippen LogP contribution in [0.4, 0.5) is 0 Å². The molecule has 1 amide bonds. The summed E-state index contributed by atoms with van der Waals surface area (Å²) in [5.41, 5.74) is 4.04. The van der Waals surface area contributed by atoms with E-state index in [1.807, 2.05) is 24.3 Å². The summed E-state index contributed by atoms with van der Waals surface area (Å²) < 4.78 is 5.75. The van der Waals surface area contributed by atoms with Crippen LogP contribution in [0.2, 0.25) is 0 Å². The summed E-state index contributed by atoms with van der Waals surface area (Å²) in [4.78, 5) is 18.8. The molecule has 1 N–H and O–H groups in total. The highest BCUT2D eigenvalue weighted by molar-refractivity contribution is 5.94. The van der Waals surface area contributed by atoms with Crippen molar-refractivity contribution in [3.63, 3.8) is 0 Å². The number of carbonyl (C=O) groups excluding carboxylic acids is 1. The molecule has 3 aromatic rings. The van der Waals surface area contributed by atoms with Crippen LogP contribution in [0.1, 0.15) is 40.9 Å². The number of amides is 1. The average Bonchev–Trinajstić information content (AvgIpc) is 2.81. The SMILES string of the molecule is CCN(CC)Cc1ccc(CNC(=O)c2ccc(OCc3ccncc3)cc2)cc1. The molecule has 0 saturated carbocycles. The zero-order chi connectivity index (χ0) is 21.2. The van der Waals surface area contributed by atoms with Gasteiger partial charge in [0.2, 0.25) is 0 Å². The molecule has 3 rings (SSSR count). The molecule has 0 saturated heterocycles. The fraction of sp³-hybridized carbons (Fsp3) is 0.280. The van der Waals surface area contributed by atoms with Gasteiger partial charge in [-0.3, -0.25) is 14.7 Å². The van der Waals surface area contributed by atoms with Crippen LogP contribution in [0.15, 0.2) is 73.1 Å². The Bertz CT molecular complexity index is 905. The minimum absolute atomic E-state index is 0.0945. The number of rotatable bonds is 10. The van der Waals surface area contributed by atoms with E-state index in [2.05, 4.69) is 53.3 Å². The molecule has 1 heterocycles. The van der Waals surface area contributed by atoms with E-state index in [4.69, 9.17) is 4.74 Å². The maximum atomic E-state index is 12.4. The monoisotopic (exact) mass is 403 g/mol. The Kier molecular flexibility index (Phi) is 7.98. The van der Waals surface area contributed by atoms with Gasteiger partial charge in [0.15, 0.2) is 0 Å². The predicted octanol–water partition coefficient (Wildman–Crippen LogP) is 4.43. The van der Waals surface area contributed by atoms with Crippen LogP contribution in [0.3, 0.4) is 0 Å². The second-order valence-electron chi connectivity index (χ2n) is 7.13. The molecule has 0 radical (unpaired) electrons. The molecule has 30 heavy (non-hydrogen) atoms. The molecular formula is C25H29N3O2. The fourth-order valence-corrected chi connectivity index (χ4v) is 3.10. The molecule has 0 spiro atoms. The van der Waals surface area contributed by atoms with Gasteiger partial charge < -0.3 is 10.1 Å². The number of aromatic nitrogens is 1. The van der Waals surface area contributed by atoms with Gasteiger partial charge >= 0.3 is 0 Å². The van der Waals surface area contributed by atoms with Gasteiger partial charge in [-0.2, -0.15) is 0 Å². The van der Waals surface area contributed by atoms with E-state index in [-0.39, 0.29) is 5.91 Å². The van der Waals surface area contributed by atoms with Crippen LogP contribution in [-0.2, 0) is 19.7 Å². The molecule has 156 valence electrons. The summed E-state index contributed by atoms with van der Waals surface area (Å²) in [6.45, 7) is 8.36. The zero-order valence-corrected chi connectivity index (χ0v) is 17.7. The summed E-state index contributed by atoms with van der Waals surface area (Å²) in [6, 6.07) is 19.5. The standard InChI is InChI=1S/C25H29N3O2/c1-3-28(4-2)18-21-7-5-20(6-8-21)17-27-25(29)23-9-11-24(12-10-23)30-19-22-13-15-26-16-14-22/h5-16H,3-4,17-19H2,1-2H3,(H,27,29). The van der Waals surface area contributed by atoms with Crippen LogP contribution in [0, 0.1) is 0 Å². The van der Waals surface area contributed by atoms with Gasteiger partial charge in [0.1, 0.15) is 12.4 Å². The third kappa shape index (κ3) is 6.42. The Hall–Kier alpha value is -3.18. The normalized spacial score (nSPS) is 10.8. The average molecular weight is 404 g/mol. The van der Waals surface area contributed by atoms with Crippen molar-refractivity contribution in [3.8, 4) is 5.75 Å². The summed E-state index contributed by atoms with van der Waals surface area (Å²) in [5, 5.41) is 2.98. The van der Waals surface area contributed by atoms with E-state index < -0.39 is 0 Å². The fourth-order valence-electron chi connectivity index (χ4n) is 3.10. The Morgan fingerprint density at radius 2 is 1.50 bits per heavy atom. The second kappa shape index (κ2) is 11.1. The lowest BCUT2D eigenvalue weighted by atomic mass is 10.1. The van der Waals surface area contributed by atoms with Gasteiger partial charge in [-0.1, -0.05) is 38.1 Å². The minimum atomic E-state index is -0.0945. The number of hydrogen-bond acceptors (Lipinski definition) is 4. The molecule has 5 heteroatoms. The van der Waals surface area contributed by atoms with Crippen molar-refractivity contribution in [1.29, 1.82) is 0 Å². The molecule has 0 fully saturated rings. The Morgan fingerprint density at radius 1 is 0.867 bits per heavy atom. The minimum Gasteiger partial charge on any atom is -0.489 e. The first-order valence-electron chi connectivity index (χ1n) is 10.4. The maximum Gasteiger partial charge on any atom is 0.251 e. The molecule has 0 aliphatic carbocycles. The number of nitrogens with one attached hydrogen (secondary N) is 1. The van der Waals surface area contributed by atoms with Crippen LogP contribution < -0.4 is 10.1 Å². The highest BCUT2D eigenvalue weighted by Crippen LogP contribution is 2.14. The number of ether oxygens (including phenoxy) is 1. The van der Waals surface area contributed by atoms with Crippen LogP contribution in [-0.4, -0.2) is 28.9 Å². The summed E-state index contributed by atoms with van der Waals surface area (Å²) >= 11 is 0. The predicted molar refractivity (Wildman–Crippen MR) is 119 cm³/mol. The van der Waals surface area contributed by atoms with Gasteiger partial charge in [0.05, 0.1) is 0 Å². The summed E-state index contributed by atoms with van der Waals surface area (Å²) in [5.74, 6) is 0.634. The van der Waals surface area contributed by atoms with Crippen LogP contribution in [0.5, 0.6) is 5.75 Å². The summed E-state index contributed by atoms with van der Waals surface area (Å²) in [6.07, 6.45) is 3.48. The van der Waals surface area contributed by atoms with E-state index in [0.717, 1.165) is 36.5 Å². The third-order valence-corrected chi connectivity index (χ3v) is 5.05. The molecule has 0 aliphatic rings. The highest BCUT2D eigenvalue weighted by Gasteiger charge is 2.06. The van der Waals surface area contributed by atoms with Crippen LogP contribution in [0.25, 0.3) is 0 Å². The van der Waals surface area contributed by atoms with Crippen LogP contribution >= 0.6 is 0 Å².